The van der Waals surface area contributed by atoms with Gasteiger partial charge < -0.3 is 5.32 Å². The van der Waals surface area contributed by atoms with Crippen molar-refractivity contribution in [2.75, 3.05) is 26.2 Å². The minimum absolute atomic E-state index is 0. The molecule has 3 heterocycles. The van der Waals surface area contributed by atoms with Crippen molar-refractivity contribution in [1.82, 2.24) is 20.0 Å². The van der Waals surface area contributed by atoms with Crippen LogP contribution in [-0.2, 0) is 13.1 Å². The highest BCUT2D eigenvalue weighted by Crippen LogP contribution is 2.27. The lowest BCUT2D eigenvalue weighted by atomic mass is 9.88. The number of fused-ring (bicyclic) bond motifs is 1. The van der Waals surface area contributed by atoms with Crippen molar-refractivity contribution in [1.29, 1.82) is 0 Å². The lowest BCUT2D eigenvalue weighted by Crippen LogP contribution is -2.39. The van der Waals surface area contributed by atoms with Crippen molar-refractivity contribution in [3.63, 3.8) is 0 Å². The molecule has 2 saturated heterocycles. The molecule has 0 aliphatic carbocycles. The average Bonchev–Trinajstić information content (AvgIpc) is 2.96. The number of aryl methyl sites for hydroxylation is 1. The summed E-state index contributed by atoms with van der Waals surface area (Å²) in [6.45, 7) is 9.14. The maximum atomic E-state index is 4.34. The van der Waals surface area contributed by atoms with Crippen molar-refractivity contribution in [3.05, 3.63) is 18.0 Å². The number of halogens is 1. The smallest absolute Gasteiger partial charge is 0.0534 e. The Morgan fingerprint density at radius 2 is 2.22 bits per heavy atom. The van der Waals surface area contributed by atoms with Gasteiger partial charge >= 0.3 is 0 Å². The SMILES string of the molecule is CCn1cc(CN2CCC3CNCC3C2)cn1.Cl. The monoisotopic (exact) mass is 270 g/mol. The molecule has 2 unspecified atom stereocenters. The molecule has 2 aliphatic rings. The van der Waals surface area contributed by atoms with Crippen LogP contribution in [0.4, 0.5) is 0 Å². The average molecular weight is 271 g/mol. The van der Waals surface area contributed by atoms with E-state index in [1.54, 1.807) is 0 Å². The normalized spacial score (nSPS) is 27.8. The number of hydrogen-bond acceptors (Lipinski definition) is 3. The van der Waals surface area contributed by atoms with E-state index in [-0.39, 0.29) is 12.4 Å². The molecule has 2 aliphatic heterocycles. The molecule has 4 nitrogen and oxygen atoms in total. The van der Waals surface area contributed by atoms with E-state index in [9.17, 15) is 0 Å². The molecule has 2 atom stereocenters. The van der Waals surface area contributed by atoms with Crippen molar-refractivity contribution >= 4 is 12.4 Å². The quantitative estimate of drug-likeness (QED) is 0.901. The third kappa shape index (κ3) is 2.87. The molecule has 0 amide bonds. The van der Waals surface area contributed by atoms with Gasteiger partial charge in [-0.05, 0) is 44.8 Å². The summed E-state index contributed by atoms with van der Waals surface area (Å²) in [6, 6.07) is 0. The summed E-state index contributed by atoms with van der Waals surface area (Å²) in [6.07, 6.45) is 5.56. The van der Waals surface area contributed by atoms with Crippen LogP contribution in [0.1, 0.15) is 18.9 Å². The van der Waals surface area contributed by atoms with Gasteiger partial charge in [0, 0.05) is 31.4 Å². The van der Waals surface area contributed by atoms with Crippen LogP contribution in [-0.4, -0.2) is 40.9 Å². The van der Waals surface area contributed by atoms with Crippen LogP contribution < -0.4 is 5.32 Å². The highest BCUT2D eigenvalue weighted by molar-refractivity contribution is 5.85. The predicted octanol–water partition coefficient (Wildman–Crippen LogP) is 1.37. The number of piperidine rings is 1. The first-order chi connectivity index (χ1) is 8.35. The molecule has 5 heteroatoms. The summed E-state index contributed by atoms with van der Waals surface area (Å²) >= 11 is 0. The fourth-order valence-corrected chi connectivity index (χ4v) is 3.17. The van der Waals surface area contributed by atoms with Gasteiger partial charge in [0.25, 0.3) is 0 Å². The Labute approximate surface area is 115 Å². The molecule has 18 heavy (non-hydrogen) atoms. The minimum Gasteiger partial charge on any atom is -0.316 e. The van der Waals surface area contributed by atoms with Crippen LogP contribution >= 0.6 is 12.4 Å². The molecule has 102 valence electrons. The summed E-state index contributed by atoms with van der Waals surface area (Å²) < 4.78 is 2.01. The summed E-state index contributed by atoms with van der Waals surface area (Å²) in [4.78, 5) is 2.59. The molecule has 0 aromatic carbocycles. The first-order valence-electron chi connectivity index (χ1n) is 6.79. The summed E-state index contributed by atoms with van der Waals surface area (Å²) in [7, 11) is 0. The van der Waals surface area contributed by atoms with Crippen LogP contribution in [0.5, 0.6) is 0 Å². The van der Waals surface area contributed by atoms with Gasteiger partial charge in [0.2, 0.25) is 0 Å². The number of likely N-dealkylation sites (tertiary alicyclic amines) is 1. The summed E-state index contributed by atoms with van der Waals surface area (Å²) in [5, 5.41) is 7.86. The first kappa shape index (κ1) is 13.8. The van der Waals surface area contributed by atoms with Crippen LogP contribution in [0, 0.1) is 11.8 Å². The fraction of sp³-hybridized carbons (Fsp3) is 0.769. The lowest BCUT2D eigenvalue weighted by Gasteiger charge is -2.34. The summed E-state index contributed by atoms with van der Waals surface area (Å²) in [5.74, 6) is 1.81. The molecular formula is C13H23ClN4. The van der Waals surface area contributed by atoms with Gasteiger partial charge in [0.1, 0.15) is 0 Å². The zero-order valence-corrected chi connectivity index (χ0v) is 11.8. The first-order valence-corrected chi connectivity index (χ1v) is 6.79. The number of rotatable bonds is 3. The molecule has 0 spiro atoms. The standard InChI is InChI=1S/C13H22N4.ClH/c1-2-17-9-11(5-15-17)8-16-4-3-12-6-14-7-13(12)10-16;/h5,9,12-14H,2-4,6-8,10H2,1H3;1H. The lowest BCUT2D eigenvalue weighted by molar-refractivity contribution is 0.142. The van der Waals surface area contributed by atoms with E-state index in [1.165, 1.54) is 38.2 Å². The minimum atomic E-state index is 0. The highest BCUT2D eigenvalue weighted by Gasteiger charge is 2.32. The van der Waals surface area contributed by atoms with E-state index in [4.69, 9.17) is 0 Å². The van der Waals surface area contributed by atoms with Gasteiger partial charge in [-0.15, -0.1) is 12.4 Å². The zero-order chi connectivity index (χ0) is 11.7. The van der Waals surface area contributed by atoms with Crippen molar-refractivity contribution in [3.8, 4) is 0 Å². The Balaban J connectivity index is 0.00000120. The number of nitrogens with zero attached hydrogens (tertiary/aromatic N) is 3. The topological polar surface area (TPSA) is 33.1 Å². The number of hydrogen-bond donors (Lipinski definition) is 1. The number of aromatic nitrogens is 2. The third-order valence-corrected chi connectivity index (χ3v) is 4.21. The molecule has 3 rings (SSSR count). The van der Waals surface area contributed by atoms with Gasteiger partial charge in [-0.2, -0.15) is 5.10 Å². The second-order valence-corrected chi connectivity index (χ2v) is 5.41. The van der Waals surface area contributed by atoms with E-state index in [0.717, 1.165) is 24.9 Å². The van der Waals surface area contributed by atoms with Gasteiger partial charge in [0.15, 0.2) is 0 Å². The van der Waals surface area contributed by atoms with E-state index in [1.807, 2.05) is 10.9 Å². The van der Waals surface area contributed by atoms with Gasteiger partial charge in [-0.25, -0.2) is 0 Å². The Morgan fingerprint density at radius 3 is 3.00 bits per heavy atom. The Kier molecular flexibility index (Phi) is 4.65. The van der Waals surface area contributed by atoms with Crippen molar-refractivity contribution < 1.29 is 0 Å². The Hall–Kier alpha value is -0.580. The Morgan fingerprint density at radius 1 is 1.39 bits per heavy atom. The zero-order valence-electron chi connectivity index (χ0n) is 11.0. The maximum Gasteiger partial charge on any atom is 0.0534 e. The molecule has 0 bridgehead atoms. The second-order valence-electron chi connectivity index (χ2n) is 5.41. The van der Waals surface area contributed by atoms with Crippen LogP contribution in [0.15, 0.2) is 12.4 Å². The van der Waals surface area contributed by atoms with Crippen LogP contribution in [0.25, 0.3) is 0 Å². The van der Waals surface area contributed by atoms with E-state index in [2.05, 4.69) is 28.4 Å². The molecule has 0 radical (unpaired) electrons. The van der Waals surface area contributed by atoms with Gasteiger partial charge in [-0.3, -0.25) is 9.58 Å². The van der Waals surface area contributed by atoms with Crippen LogP contribution in [0.2, 0.25) is 0 Å². The van der Waals surface area contributed by atoms with E-state index < -0.39 is 0 Å². The van der Waals surface area contributed by atoms with Crippen molar-refractivity contribution in [2.45, 2.75) is 26.4 Å². The third-order valence-electron chi connectivity index (χ3n) is 4.21. The highest BCUT2D eigenvalue weighted by atomic mass is 35.5. The molecule has 0 saturated carbocycles. The van der Waals surface area contributed by atoms with Crippen molar-refractivity contribution in [2.24, 2.45) is 11.8 Å². The fourth-order valence-electron chi connectivity index (χ4n) is 3.17. The van der Waals surface area contributed by atoms with E-state index in [0.29, 0.717) is 0 Å². The largest absolute Gasteiger partial charge is 0.316 e. The number of nitrogens with one attached hydrogen (secondary N) is 1. The Bertz CT molecular complexity index is 379. The molecule has 1 aromatic heterocycles. The molecule has 2 fully saturated rings. The van der Waals surface area contributed by atoms with Crippen LogP contribution in [0.3, 0.4) is 0 Å². The van der Waals surface area contributed by atoms with E-state index >= 15 is 0 Å². The predicted molar refractivity (Wildman–Crippen MR) is 74.9 cm³/mol. The molecular weight excluding hydrogens is 248 g/mol. The molecule has 1 N–H and O–H groups in total. The summed E-state index contributed by atoms with van der Waals surface area (Å²) in [5.41, 5.74) is 1.36. The van der Waals surface area contributed by atoms with Gasteiger partial charge in [0.05, 0.1) is 6.20 Å². The second kappa shape index (κ2) is 6.04. The maximum absolute atomic E-state index is 4.34. The molecule has 1 aromatic rings. The van der Waals surface area contributed by atoms with Gasteiger partial charge in [-0.1, -0.05) is 0 Å².